The van der Waals surface area contributed by atoms with Gasteiger partial charge in [-0.05, 0) is 42.0 Å². The number of benzene rings is 1. The molecule has 0 saturated carbocycles. The van der Waals surface area contributed by atoms with Crippen molar-refractivity contribution in [1.29, 1.82) is 0 Å². The monoisotopic (exact) mass is 384 g/mol. The van der Waals surface area contributed by atoms with Gasteiger partial charge in [-0.2, -0.15) is 0 Å². The van der Waals surface area contributed by atoms with Crippen molar-refractivity contribution in [1.82, 2.24) is 9.80 Å². The lowest BCUT2D eigenvalue weighted by Gasteiger charge is -2.34. The van der Waals surface area contributed by atoms with E-state index in [0.717, 1.165) is 0 Å². The zero-order valence-corrected chi connectivity index (χ0v) is 16.7. The molecule has 0 radical (unpaired) electrons. The predicted molar refractivity (Wildman–Crippen MR) is 107 cm³/mol. The third-order valence-corrected chi connectivity index (χ3v) is 5.82. The summed E-state index contributed by atoms with van der Waals surface area (Å²) in [5.74, 6) is 0.209. The smallest absolute Gasteiger partial charge is 0.264 e. The maximum atomic E-state index is 12.7. The van der Waals surface area contributed by atoms with E-state index in [1.54, 1.807) is 21.2 Å². The predicted octanol–water partition coefficient (Wildman–Crippen LogP) is 3.67. The topological polar surface area (TPSA) is 57.7 Å². The van der Waals surface area contributed by atoms with Crippen LogP contribution >= 0.6 is 11.3 Å². The largest absolute Gasteiger partial charge is 0.335 e. The minimum atomic E-state index is -0.122. The molecule has 1 aromatic carbocycles. The number of Topliss-reactive ketones (excluding diaryl/α,β-unsaturated/α-hetero) is 1. The summed E-state index contributed by atoms with van der Waals surface area (Å²) < 4.78 is 0. The van der Waals surface area contributed by atoms with Gasteiger partial charge in [0.2, 0.25) is 0 Å². The summed E-state index contributed by atoms with van der Waals surface area (Å²) >= 11 is 1.29. The zero-order valence-electron chi connectivity index (χ0n) is 15.9. The first-order valence-electron chi connectivity index (χ1n) is 9.15. The molecule has 0 aliphatic carbocycles. The second-order valence-corrected chi connectivity index (χ2v) is 8.00. The highest BCUT2D eigenvalue weighted by Gasteiger charge is 2.27. The Hall–Kier alpha value is -2.47. The average molecular weight is 385 g/mol. The van der Waals surface area contributed by atoms with Gasteiger partial charge in [0.05, 0.1) is 0 Å². The molecule has 5 nitrogen and oxygen atoms in total. The van der Waals surface area contributed by atoms with E-state index in [9.17, 15) is 14.4 Å². The molecule has 0 unspecified atom stereocenters. The minimum Gasteiger partial charge on any atom is -0.335 e. The molecule has 1 aromatic heterocycles. The van der Waals surface area contributed by atoms with Gasteiger partial charge in [0, 0.05) is 37.3 Å². The van der Waals surface area contributed by atoms with Gasteiger partial charge in [-0.1, -0.05) is 26.0 Å². The SMILES string of the molecule is CC(=O)c1ccsc1C(=O)N1CCN(C(=O)c2ccc(C(C)C)cc2)CC1. The number of hydrogen-bond acceptors (Lipinski definition) is 4. The molecule has 2 heterocycles. The van der Waals surface area contributed by atoms with Crippen molar-refractivity contribution in [2.45, 2.75) is 26.7 Å². The van der Waals surface area contributed by atoms with Crippen LogP contribution in [0.25, 0.3) is 0 Å². The van der Waals surface area contributed by atoms with Crippen LogP contribution in [0.1, 0.15) is 62.6 Å². The van der Waals surface area contributed by atoms with E-state index in [1.807, 2.05) is 24.3 Å². The van der Waals surface area contributed by atoms with Crippen molar-refractivity contribution >= 4 is 28.9 Å². The molecule has 0 N–H and O–H groups in total. The van der Waals surface area contributed by atoms with Crippen molar-refractivity contribution in [2.24, 2.45) is 0 Å². The molecule has 2 amide bonds. The number of hydrogen-bond donors (Lipinski definition) is 0. The summed E-state index contributed by atoms with van der Waals surface area (Å²) in [6, 6.07) is 9.44. The first kappa shape index (κ1) is 19.3. The van der Waals surface area contributed by atoms with E-state index in [0.29, 0.717) is 48.1 Å². The van der Waals surface area contributed by atoms with Gasteiger partial charge in [-0.15, -0.1) is 11.3 Å². The number of piperazine rings is 1. The van der Waals surface area contributed by atoms with Gasteiger partial charge in [0.15, 0.2) is 5.78 Å². The standard InChI is InChI=1S/C21H24N2O3S/c1-14(2)16-4-6-17(7-5-16)20(25)22-9-11-23(12-10-22)21(26)19-18(15(3)24)8-13-27-19/h4-8,13-14H,9-12H2,1-3H3. The molecule has 1 aliphatic heterocycles. The second-order valence-electron chi connectivity index (χ2n) is 7.08. The number of ketones is 1. The Kier molecular flexibility index (Phi) is 5.75. The van der Waals surface area contributed by atoms with E-state index in [1.165, 1.54) is 23.8 Å². The first-order valence-corrected chi connectivity index (χ1v) is 10.0. The quantitative estimate of drug-likeness (QED) is 0.756. The van der Waals surface area contributed by atoms with Gasteiger partial charge < -0.3 is 9.80 Å². The van der Waals surface area contributed by atoms with Crippen LogP contribution < -0.4 is 0 Å². The van der Waals surface area contributed by atoms with Crippen LogP contribution in [0.15, 0.2) is 35.7 Å². The maximum Gasteiger partial charge on any atom is 0.264 e. The second kappa shape index (κ2) is 8.05. The Morgan fingerprint density at radius 3 is 1.96 bits per heavy atom. The number of rotatable bonds is 4. The molecule has 2 aromatic rings. The van der Waals surface area contributed by atoms with Crippen LogP contribution in [0.4, 0.5) is 0 Å². The normalized spacial score (nSPS) is 14.5. The highest BCUT2D eigenvalue weighted by atomic mass is 32.1. The van der Waals surface area contributed by atoms with E-state index in [-0.39, 0.29) is 17.6 Å². The molecule has 0 atom stereocenters. The van der Waals surface area contributed by atoms with Gasteiger partial charge in [0.25, 0.3) is 11.8 Å². The molecule has 3 rings (SSSR count). The lowest BCUT2D eigenvalue weighted by Crippen LogP contribution is -2.50. The molecule has 1 saturated heterocycles. The molecular weight excluding hydrogens is 360 g/mol. The van der Waals surface area contributed by atoms with Gasteiger partial charge >= 0.3 is 0 Å². The Morgan fingerprint density at radius 2 is 1.44 bits per heavy atom. The summed E-state index contributed by atoms with van der Waals surface area (Å²) in [5.41, 5.74) is 2.37. The summed E-state index contributed by atoms with van der Waals surface area (Å²) in [6.07, 6.45) is 0. The average Bonchev–Trinajstić information content (AvgIpc) is 3.17. The van der Waals surface area contributed by atoms with Crippen molar-refractivity contribution in [2.75, 3.05) is 26.2 Å². The Bertz CT molecular complexity index is 847. The molecule has 1 aliphatic rings. The highest BCUT2D eigenvalue weighted by molar-refractivity contribution is 7.12. The fourth-order valence-electron chi connectivity index (χ4n) is 3.20. The van der Waals surface area contributed by atoms with Gasteiger partial charge in [-0.3, -0.25) is 14.4 Å². The van der Waals surface area contributed by atoms with Gasteiger partial charge in [0.1, 0.15) is 4.88 Å². The van der Waals surface area contributed by atoms with Crippen LogP contribution in [0.5, 0.6) is 0 Å². The van der Waals surface area contributed by atoms with Crippen LogP contribution in [0, 0.1) is 0 Å². The van der Waals surface area contributed by atoms with Crippen LogP contribution in [-0.4, -0.2) is 53.6 Å². The third-order valence-electron chi connectivity index (χ3n) is 4.92. The molecule has 0 bridgehead atoms. The highest BCUT2D eigenvalue weighted by Crippen LogP contribution is 2.21. The fraction of sp³-hybridized carbons (Fsp3) is 0.381. The number of amides is 2. The maximum absolute atomic E-state index is 12.7. The number of nitrogens with zero attached hydrogens (tertiary/aromatic N) is 2. The fourth-order valence-corrected chi connectivity index (χ4v) is 4.11. The molecule has 6 heteroatoms. The Balaban J connectivity index is 1.63. The summed E-state index contributed by atoms with van der Waals surface area (Å²) in [7, 11) is 0. The number of thiophene rings is 1. The lowest BCUT2D eigenvalue weighted by atomic mass is 10.0. The molecule has 142 valence electrons. The van der Waals surface area contributed by atoms with Crippen molar-refractivity contribution in [3.63, 3.8) is 0 Å². The molecule has 0 spiro atoms. The van der Waals surface area contributed by atoms with Crippen molar-refractivity contribution in [3.8, 4) is 0 Å². The molecular formula is C21H24N2O3S. The summed E-state index contributed by atoms with van der Waals surface area (Å²) in [5, 5.41) is 1.77. The lowest BCUT2D eigenvalue weighted by molar-refractivity contribution is 0.0537. The van der Waals surface area contributed by atoms with Gasteiger partial charge in [-0.25, -0.2) is 0 Å². The van der Waals surface area contributed by atoms with Crippen molar-refractivity contribution < 1.29 is 14.4 Å². The van der Waals surface area contributed by atoms with E-state index in [4.69, 9.17) is 0 Å². The van der Waals surface area contributed by atoms with Crippen LogP contribution in [0.2, 0.25) is 0 Å². The van der Waals surface area contributed by atoms with Crippen LogP contribution in [0.3, 0.4) is 0 Å². The third kappa shape index (κ3) is 4.11. The zero-order chi connectivity index (χ0) is 19.6. The summed E-state index contributed by atoms with van der Waals surface area (Å²) in [4.78, 5) is 41.1. The molecule has 27 heavy (non-hydrogen) atoms. The van der Waals surface area contributed by atoms with E-state index in [2.05, 4.69) is 13.8 Å². The van der Waals surface area contributed by atoms with Crippen molar-refractivity contribution in [3.05, 3.63) is 57.3 Å². The first-order chi connectivity index (χ1) is 12.9. The number of carbonyl (C=O) groups is 3. The molecule has 1 fully saturated rings. The van der Waals surface area contributed by atoms with E-state index < -0.39 is 0 Å². The number of carbonyl (C=O) groups excluding carboxylic acids is 3. The van der Waals surface area contributed by atoms with Crippen LogP contribution in [-0.2, 0) is 0 Å². The summed E-state index contributed by atoms with van der Waals surface area (Å²) in [6.45, 7) is 7.67. The Morgan fingerprint density at radius 1 is 0.889 bits per heavy atom. The Labute approximate surface area is 163 Å². The van der Waals surface area contributed by atoms with E-state index >= 15 is 0 Å². The minimum absolute atomic E-state index is 0.00189.